The van der Waals surface area contributed by atoms with Crippen molar-refractivity contribution in [1.29, 1.82) is 0 Å². The molecule has 0 bridgehead atoms. The molecule has 0 aliphatic heterocycles. The summed E-state index contributed by atoms with van der Waals surface area (Å²) in [5.74, 6) is -5.81. The Kier molecular flexibility index (Phi) is 7.06. The standard InChI is InChI=1S/C11H18F2O2.Na/c1-2-3-4-5-6-8-9(7-10(14)15)11(8,12)13;/h8-9H,2-7H2,1H3,(H,14,15);/q;+1/p-1. The number of carboxylic acids is 1. The third kappa shape index (κ3) is 4.30. The minimum absolute atomic E-state index is 0. The van der Waals surface area contributed by atoms with Gasteiger partial charge in [0.1, 0.15) is 0 Å². The van der Waals surface area contributed by atoms with Crippen LogP contribution in [0.3, 0.4) is 0 Å². The molecule has 0 amide bonds. The molecule has 1 rings (SSSR count). The van der Waals surface area contributed by atoms with Crippen LogP contribution < -0.4 is 34.7 Å². The second kappa shape index (κ2) is 6.92. The Morgan fingerprint density at radius 1 is 1.25 bits per heavy atom. The van der Waals surface area contributed by atoms with Gasteiger partial charge in [0.2, 0.25) is 0 Å². The molecule has 2 nitrogen and oxygen atoms in total. The van der Waals surface area contributed by atoms with E-state index in [2.05, 4.69) is 6.92 Å². The minimum atomic E-state index is -2.76. The van der Waals surface area contributed by atoms with Crippen LogP contribution >= 0.6 is 0 Å². The van der Waals surface area contributed by atoms with Crippen molar-refractivity contribution in [3.63, 3.8) is 0 Å². The molecule has 0 N–H and O–H groups in total. The predicted octanol–water partition coefficient (Wildman–Crippen LogP) is -1.02. The quantitative estimate of drug-likeness (QED) is 0.423. The molecule has 0 radical (unpaired) electrons. The first kappa shape index (κ1) is 16.3. The number of hydrogen-bond donors (Lipinski definition) is 0. The zero-order chi connectivity index (χ0) is 11.5. The smallest absolute Gasteiger partial charge is 0.550 e. The van der Waals surface area contributed by atoms with E-state index >= 15 is 0 Å². The van der Waals surface area contributed by atoms with E-state index in [1.807, 2.05) is 0 Å². The molecule has 2 unspecified atom stereocenters. The number of unbranched alkanes of at least 4 members (excludes halogenated alkanes) is 3. The second-order valence-corrected chi connectivity index (χ2v) is 4.31. The van der Waals surface area contributed by atoms with Gasteiger partial charge in [0.25, 0.3) is 5.92 Å². The van der Waals surface area contributed by atoms with Crippen molar-refractivity contribution < 1.29 is 48.2 Å². The second-order valence-electron chi connectivity index (χ2n) is 4.31. The van der Waals surface area contributed by atoms with E-state index in [-0.39, 0.29) is 29.6 Å². The van der Waals surface area contributed by atoms with Crippen LogP contribution in [0.5, 0.6) is 0 Å². The Labute approximate surface area is 117 Å². The molecule has 0 aromatic rings. The molecule has 5 heteroatoms. The minimum Gasteiger partial charge on any atom is -0.550 e. The predicted molar refractivity (Wildman–Crippen MR) is 50.3 cm³/mol. The summed E-state index contributed by atoms with van der Waals surface area (Å²) in [6, 6.07) is 0. The molecule has 1 aliphatic rings. The Morgan fingerprint density at radius 2 is 1.88 bits per heavy atom. The zero-order valence-corrected chi connectivity index (χ0v) is 12.0. The monoisotopic (exact) mass is 242 g/mol. The number of aliphatic carboxylic acids is 1. The van der Waals surface area contributed by atoms with E-state index in [1.165, 1.54) is 0 Å². The number of carboxylic acid groups (broad SMARTS) is 1. The van der Waals surface area contributed by atoms with E-state index in [9.17, 15) is 18.7 Å². The van der Waals surface area contributed by atoms with Crippen LogP contribution in [-0.4, -0.2) is 11.9 Å². The number of hydrogen-bond acceptors (Lipinski definition) is 2. The molecule has 0 heterocycles. The van der Waals surface area contributed by atoms with Crippen LogP contribution in [0.4, 0.5) is 8.78 Å². The SMILES string of the molecule is CCCCCCC1C(CC(=O)[O-])C1(F)F.[Na+]. The fourth-order valence-corrected chi connectivity index (χ4v) is 2.10. The van der Waals surface area contributed by atoms with E-state index in [0.29, 0.717) is 6.42 Å². The maximum Gasteiger partial charge on any atom is 1.00 e. The summed E-state index contributed by atoms with van der Waals surface area (Å²) in [5.41, 5.74) is 0. The Hall–Kier alpha value is 0.330. The molecule has 88 valence electrons. The van der Waals surface area contributed by atoms with Crippen molar-refractivity contribution in [2.45, 2.75) is 51.4 Å². The van der Waals surface area contributed by atoms with Crippen LogP contribution in [0.15, 0.2) is 0 Å². The normalized spacial score (nSPS) is 25.9. The van der Waals surface area contributed by atoms with E-state index < -0.39 is 30.1 Å². The number of carbonyl (C=O) groups is 1. The first-order chi connectivity index (χ1) is 7.00. The van der Waals surface area contributed by atoms with Crippen molar-refractivity contribution in [2.75, 3.05) is 0 Å². The van der Waals surface area contributed by atoms with Gasteiger partial charge in [-0.15, -0.1) is 0 Å². The first-order valence-corrected chi connectivity index (χ1v) is 5.57. The number of carbonyl (C=O) groups excluding carboxylic acids is 1. The Morgan fingerprint density at radius 3 is 2.38 bits per heavy atom. The number of halogens is 2. The van der Waals surface area contributed by atoms with Gasteiger partial charge >= 0.3 is 29.6 Å². The summed E-state index contributed by atoms with van der Waals surface area (Å²) in [6.07, 6.45) is 3.82. The van der Waals surface area contributed by atoms with E-state index in [4.69, 9.17) is 0 Å². The third-order valence-electron chi connectivity index (χ3n) is 3.12. The maximum atomic E-state index is 13.0. The maximum absolute atomic E-state index is 13.0. The molecule has 1 saturated carbocycles. The van der Waals surface area contributed by atoms with Gasteiger partial charge in [-0.2, -0.15) is 0 Å². The molecular weight excluding hydrogens is 225 g/mol. The van der Waals surface area contributed by atoms with Gasteiger partial charge in [0.15, 0.2) is 0 Å². The molecule has 0 aromatic heterocycles. The number of alkyl halides is 2. The van der Waals surface area contributed by atoms with Crippen molar-refractivity contribution in [3.05, 3.63) is 0 Å². The van der Waals surface area contributed by atoms with Gasteiger partial charge < -0.3 is 9.90 Å². The van der Waals surface area contributed by atoms with Crippen LogP contribution in [0, 0.1) is 11.8 Å². The summed E-state index contributed by atoms with van der Waals surface area (Å²) >= 11 is 0. The van der Waals surface area contributed by atoms with Gasteiger partial charge in [-0.25, -0.2) is 8.78 Å². The summed E-state index contributed by atoms with van der Waals surface area (Å²) in [7, 11) is 0. The molecule has 16 heavy (non-hydrogen) atoms. The van der Waals surface area contributed by atoms with Crippen molar-refractivity contribution in [2.24, 2.45) is 11.8 Å². The fraction of sp³-hybridized carbons (Fsp3) is 0.909. The molecule has 2 atom stereocenters. The third-order valence-corrected chi connectivity index (χ3v) is 3.12. The average molecular weight is 242 g/mol. The molecule has 1 aliphatic carbocycles. The summed E-state index contributed by atoms with van der Waals surface area (Å²) in [6.45, 7) is 2.06. The van der Waals surface area contributed by atoms with Crippen LogP contribution in [0.25, 0.3) is 0 Å². The fourth-order valence-electron chi connectivity index (χ4n) is 2.10. The van der Waals surface area contributed by atoms with Gasteiger partial charge in [-0.1, -0.05) is 32.6 Å². The zero-order valence-electron chi connectivity index (χ0n) is 9.97. The molecule has 1 fully saturated rings. The van der Waals surface area contributed by atoms with Crippen LogP contribution in [-0.2, 0) is 4.79 Å². The molecule has 0 aromatic carbocycles. The summed E-state index contributed by atoms with van der Waals surface area (Å²) < 4.78 is 26.1. The van der Waals surface area contributed by atoms with E-state index in [0.717, 1.165) is 25.7 Å². The topological polar surface area (TPSA) is 40.1 Å². The molecule has 0 saturated heterocycles. The van der Waals surface area contributed by atoms with E-state index in [1.54, 1.807) is 0 Å². The molecule has 0 spiro atoms. The Balaban J connectivity index is 0.00000225. The first-order valence-electron chi connectivity index (χ1n) is 5.57. The van der Waals surface area contributed by atoms with Gasteiger partial charge in [-0.3, -0.25) is 0 Å². The van der Waals surface area contributed by atoms with Crippen LogP contribution in [0.1, 0.15) is 45.4 Å². The summed E-state index contributed by atoms with van der Waals surface area (Å²) in [4.78, 5) is 10.2. The van der Waals surface area contributed by atoms with Crippen molar-refractivity contribution >= 4 is 5.97 Å². The van der Waals surface area contributed by atoms with Crippen LogP contribution in [0.2, 0.25) is 0 Å². The van der Waals surface area contributed by atoms with Gasteiger partial charge in [-0.05, 0) is 12.8 Å². The summed E-state index contributed by atoms with van der Waals surface area (Å²) in [5, 5.41) is 10.2. The average Bonchev–Trinajstić information content (AvgIpc) is 2.62. The number of rotatable bonds is 7. The van der Waals surface area contributed by atoms with Gasteiger partial charge in [0.05, 0.1) is 0 Å². The Bertz CT molecular complexity index is 234. The molecular formula is C11H17F2NaO2. The van der Waals surface area contributed by atoms with Gasteiger partial charge in [0, 0.05) is 17.8 Å². The van der Waals surface area contributed by atoms with Crippen molar-refractivity contribution in [1.82, 2.24) is 0 Å². The van der Waals surface area contributed by atoms with Crippen molar-refractivity contribution in [3.8, 4) is 0 Å². The largest absolute Gasteiger partial charge is 1.00 e.